The van der Waals surface area contributed by atoms with Crippen LogP contribution in [0.2, 0.25) is 0 Å². The zero-order valence-corrected chi connectivity index (χ0v) is 12.4. The molecule has 1 saturated carbocycles. The lowest BCUT2D eigenvalue weighted by Gasteiger charge is -2.37. The van der Waals surface area contributed by atoms with Gasteiger partial charge in [0.15, 0.2) is 0 Å². The molecule has 3 rings (SSSR count). The monoisotopic (exact) mass is 259 g/mol. The molecule has 0 amide bonds. The topological polar surface area (TPSA) is 19.4 Å². The van der Waals surface area contributed by atoms with Gasteiger partial charge >= 0.3 is 0 Å². The van der Waals surface area contributed by atoms with E-state index in [1.54, 1.807) is 0 Å². The Morgan fingerprint density at radius 2 is 1.79 bits per heavy atom. The van der Waals surface area contributed by atoms with Crippen LogP contribution in [-0.2, 0) is 5.41 Å². The van der Waals surface area contributed by atoms with Crippen molar-refractivity contribution in [3.05, 3.63) is 23.9 Å². The van der Waals surface area contributed by atoms with Crippen LogP contribution in [0.15, 0.2) is 18.3 Å². The van der Waals surface area contributed by atoms with Crippen molar-refractivity contribution in [3.63, 3.8) is 0 Å². The molecular formula is C16H25N3. The fraction of sp³-hybridized carbons (Fsp3) is 0.688. The lowest BCUT2D eigenvalue weighted by atomic mass is 9.87. The maximum Gasteiger partial charge on any atom is 0.132 e. The number of piperazine rings is 1. The van der Waals surface area contributed by atoms with Gasteiger partial charge in [-0.3, -0.25) is 4.90 Å². The van der Waals surface area contributed by atoms with Crippen LogP contribution < -0.4 is 4.90 Å². The van der Waals surface area contributed by atoms with Gasteiger partial charge in [0.2, 0.25) is 0 Å². The Morgan fingerprint density at radius 1 is 1.11 bits per heavy atom. The molecule has 0 spiro atoms. The Labute approximate surface area is 116 Å². The highest BCUT2D eigenvalue weighted by molar-refractivity contribution is 5.50. The molecule has 0 unspecified atom stereocenters. The highest BCUT2D eigenvalue weighted by Gasteiger charge is 2.32. The normalized spacial score (nSPS) is 21.7. The summed E-state index contributed by atoms with van der Waals surface area (Å²) < 4.78 is 0. The number of hydrogen-bond acceptors (Lipinski definition) is 3. The van der Waals surface area contributed by atoms with E-state index in [0.717, 1.165) is 19.1 Å². The number of anilines is 1. The third kappa shape index (κ3) is 2.76. The van der Waals surface area contributed by atoms with E-state index < -0.39 is 0 Å². The molecular weight excluding hydrogens is 234 g/mol. The van der Waals surface area contributed by atoms with Gasteiger partial charge in [-0.2, -0.15) is 0 Å². The van der Waals surface area contributed by atoms with Crippen LogP contribution in [0.3, 0.4) is 0 Å². The zero-order valence-electron chi connectivity index (χ0n) is 12.4. The summed E-state index contributed by atoms with van der Waals surface area (Å²) in [7, 11) is 0. The minimum atomic E-state index is 0.164. The Morgan fingerprint density at radius 3 is 2.37 bits per heavy atom. The summed E-state index contributed by atoms with van der Waals surface area (Å²) in [6, 6.07) is 5.19. The smallest absolute Gasteiger partial charge is 0.132 e. The van der Waals surface area contributed by atoms with Gasteiger partial charge in [0.05, 0.1) is 0 Å². The van der Waals surface area contributed by atoms with Gasteiger partial charge in [-0.25, -0.2) is 4.98 Å². The lowest BCUT2D eigenvalue weighted by Crippen LogP contribution is -2.48. The Kier molecular flexibility index (Phi) is 3.25. The molecule has 3 nitrogen and oxygen atoms in total. The van der Waals surface area contributed by atoms with Crippen molar-refractivity contribution in [2.45, 2.75) is 45.1 Å². The number of nitrogens with zero attached hydrogens (tertiary/aromatic N) is 3. The van der Waals surface area contributed by atoms with Crippen molar-refractivity contribution >= 4 is 5.82 Å². The largest absolute Gasteiger partial charge is 0.354 e. The van der Waals surface area contributed by atoms with Crippen molar-refractivity contribution in [2.75, 3.05) is 31.1 Å². The number of pyridine rings is 1. The molecule has 0 bridgehead atoms. The number of aromatic nitrogens is 1. The Hall–Kier alpha value is -1.09. The number of hydrogen-bond donors (Lipinski definition) is 0. The predicted octanol–water partition coefficient (Wildman–Crippen LogP) is 2.66. The van der Waals surface area contributed by atoms with Gasteiger partial charge in [0, 0.05) is 44.0 Å². The summed E-state index contributed by atoms with van der Waals surface area (Å²) in [4.78, 5) is 9.78. The van der Waals surface area contributed by atoms with E-state index in [2.05, 4.69) is 47.7 Å². The molecule has 1 aliphatic heterocycles. The average Bonchev–Trinajstić information content (AvgIpc) is 3.22. The molecule has 0 atom stereocenters. The number of rotatable bonds is 2. The van der Waals surface area contributed by atoms with Gasteiger partial charge in [0.25, 0.3) is 0 Å². The van der Waals surface area contributed by atoms with E-state index in [1.165, 1.54) is 37.3 Å². The Balaban J connectivity index is 1.76. The molecule has 2 heterocycles. The minimum absolute atomic E-state index is 0.164. The summed E-state index contributed by atoms with van der Waals surface area (Å²) in [5, 5.41) is 0. The summed E-state index contributed by atoms with van der Waals surface area (Å²) >= 11 is 0. The second-order valence-corrected chi connectivity index (χ2v) is 6.88. The summed E-state index contributed by atoms with van der Waals surface area (Å²) in [6.45, 7) is 11.5. The minimum Gasteiger partial charge on any atom is -0.354 e. The van der Waals surface area contributed by atoms with E-state index in [-0.39, 0.29) is 5.41 Å². The van der Waals surface area contributed by atoms with Crippen molar-refractivity contribution in [3.8, 4) is 0 Å². The second-order valence-electron chi connectivity index (χ2n) is 6.88. The third-order valence-electron chi connectivity index (χ3n) is 4.27. The molecule has 1 saturated heterocycles. The van der Waals surface area contributed by atoms with Gasteiger partial charge < -0.3 is 4.90 Å². The molecule has 1 aromatic rings. The van der Waals surface area contributed by atoms with Gasteiger partial charge in [-0.15, -0.1) is 0 Å². The molecule has 104 valence electrons. The van der Waals surface area contributed by atoms with Crippen LogP contribution >= 0.6 is 0 Å². The molecule has 0 aromatic carbocycles. The van der Waals surface area contributed by atoms with E-state index in [1.807, 2.05) is 6.20 Å². The first kappa shape index (κ1) is 12.9. The molecule has 1 aromatic heterocycles. The molecule has 2 fully saturated rings. The summed E-state index contributed by atoms with van der Waals surface area (Å²) in [5.41, 5.74) is 1.53. The third-order valence-corrected chi connectivity index (χ3v) is 4.27. The highest BCUT2D eigenvalue weighted by atomic mass is 15.3. The van der Waals surface area contributed by atoms with E-state index in [9.17, 15) is 0 Å². The fourth-order valence-corrected chi connectivity index (χ4v) is 2.97. The van der Waals surface area contributed by atoms with Crippen LogP contribution in [0.4, 0.5) is 5.82 Å². The standard InChI is InChI=1S/C16H25N3/c1-16(2,3)14-5-4-8-17-15(14)19-11-9-18(10-12-19)13-6-7-13/h4-5,8,13H,6-7,9-12H2,1-3H3. The lowest BCUT2D eigenvalue weighted by molar-refractivity contribution is 0.247. The van der Waals surface area contributed by atoms with Crippen LogP contribution in [0.5, 0.6) is 0 Å². The predicted molar refractivity (Wildman–Crippen MR) is 79.7 cm³/mol. The van der Waals surface area contributed by atoms with Crippen molar-refractivity contribution in [1.29, 1.82) is 0 Å². The molecule has 3 heteroatoms. The van der Waals surface area contributed by atoms with Crippen molar-refractivity contribution in [1.82, 2.24) is 9.88 Å². The van der Waals surface area contributed by atoms with Crippen molar-refractivity contribution < 1.29 is 0 Å². The first-order chi connectivity index (χ1) is 9.05. The first-order valence-electron chi connectivity index (χ1n) is 7.50. The van der Waals surface area contributed by atoms with Gasteiger partial charge in [-0.1, -0.05) is 26.8 Å². The van der Waals surface area contributed by atoms with Gasteiger partial charge in [-0.05, 0) is 24.3 Å². The van der Waals surface area contributed by atoms with Crippen LogP contribution in [0, 0.1) is 0 Å². The van der Waals surface area contributed by atoms with E-state index >= 15 is 0 Å². The van der Waals surface area contributed by atoms with Gasteiger partial charge in [0.1, 0.15) is 5.82 Å². The molecule has 0 radical (unpaired) electrons. The SMILES string of the molecule is CC(C)(C)c1cccnc1N1CCN(C2CC2)CC1. The summed E-state index contributed by atoms with van der Waals surface area (Å²) in [5.74, 6) is 1.20. The first-order valence-corrected chi connectivity index (χ1v) is 7.50. The fourth-order valence-electron chi connectivity index (χ4n) is 2.97. The average molecular weight is 259 g/mol. The van der Waals surface area contributed by atoms with E-state index in [4.69, 9.17) is 0 Å². The van der Waals surface area contributed by atoms with E-state index in [0.29, 0.717) is 0 Å². The second kappa shape index (κ2) is 4.78. The molecule has 2 aliphatic rings. The molecule has 1 aliphatic carbocycles. The van der Waals surface area contributed by atoms with Crippen LogP contribution in [-0.4, -0.2) is 42.1 Å². The maximum absolute atomic E-state index is 4.66. The van der Waals surface area contributed by atoms with Crippen LogP contribution in [0.25, 0.3) is 0 Å². The van der Waals surface area contributed by atoms with Crippen LogP contribution in [0.1, 0.15) is 39.2 Å². The molecule has 19 heavy (non-hydrogen) atoms. The highest BCUT2D eigenvalue weighted by Crippen LogP contribution is 2.32. The summed E-state index contributed by atoms with van der Waals surface area (Å²) in [6.07, 6.45) is 4.76. The zero-order chi connectivity index (χ0) is 13.5. The molecule has 0 N–H and O–H groups in total. The van der Waals surface area contributed by atoms with Crippen molar-refractivity contribution in [2.24, 2.45) is 0 Å². The maximum atomic E-state index is 4.66. The Bertz CT molecular complexity index is 438. The quantitative estimate of drug-likeness (QED) is 0.814.